The van der Waals surface area contributed by atoms with Gasteiger partial charge in [0.2, 0.25) is 0 Å². The third-order valence-electron chi connectivity index (χ3n) is 4.29. The zero-order chi connectivity index (χ0) is 15.7. The largest absolute Gasteiger partial charge is 0.444 e. The van der Waals surface area contributed by atoms with Crippen LogP contribution in [0, 0.1) is 5.92 Å². The maximum atomic E-state index is 12.1. The summed E-state index contributed by atoms with van der Waals surface area (Å²) < 4.78 is 11.8. The van der Waals surface area contributed by atoms with Gasteiger partial charge in [0, 0.05) is 18.4 Å². The van der Waals surface area contributed by atoms with E-state index in [0.717, 1.165) is 24.1 Å². The van der Waals surface area contributed by atoms with Gasteiger partial charge in [-0.05, 0) is 59.3 Å². The fourth-order valence-electron chi connectivity index (χ4n) is 2.76. The molecule has 0 aromatic carbocycles. The average Bonchev–Trinajstić information content (AvgIpc) is 3.21. The molecular weight excluding hydrogens is 334 g/mol. The minimum Gasteiger partial charge on any atom is -0.444 e. The Kier molecular flexibility index (Phi) is 5.24. The molecule has 1 amide bonds. The highest BCUT2D eigenvalue weighted by atomic mass is 79.9. The van der Waals surface area contributed by atoms with Crippen LogP contribution in [0.1, 0.15) is 53.4 Å². The number of likely N-dealkylation sites (tertiary alicyclic amines) is 1. The lowest BCUT2D eigenvalue weighted by Crippen LogP contribution is -2.51. The minimum atomic E-state index is -0.433. The van der Waals surface area contributed by atoms with Gasteiger partial charge in [-0.2, -0.15) is 0 Å². The number of nitrogens with zero attached hydrogens (tertiary/aromatic N) is 1. The van der Waals surface area contributed by atoms with Crippen LogP contribution in [-0.4, -0.2) is 46.7 Å². The lowest BCUT2D eigenvalue weighted by atomic mass is 9.93. The second kappa shape index (κ2) is 6.45. The molecule has 5 heteroatoms. The lowest BCUT2D eigenvalue weighted by molar-refractivity contribution is -0.108. The number of carbonyl (C=O) groups is 1. The fraction of sp³-hybridized carbons (Fsp3) is 0.938. The smallest absolute Gasteiger partial charge is 0.410 e. The number of alkyl halides is 1. The quantitative estimate of drug-likeness (QED) is 0.711. The maximum absolute atomic E-state index is 12.1. The van der Waals surface area contributed by atoms with Crippen molar-refractivity contribution in [3.05, 3.63) is 0 Å². The Morgan fingerprint density at radius 1 is 1.33 bits per heavy atom. The van der Waals surface area contributed by atoms with Gasteiger partial charge in [0.25, 0.3) is 0 Å². The standard InChI is InChI=1S/C16H28BrNO3/c1-12(13-5-6-13)20-16(11-17)7-9-18(10-8-16)14(19)21-15(2,3)4/h12-13H,5-11H2,1-4H3. The summed E-state index contributed by atoms with van der Waals surface area (Å²) >= 11 is 3.61. The van der Waals surface area contributed by atoms with Crippen molar-refractivity contribution in [3.63, 3.8) is 0 Å². The molecule has 2 rings (SSSR count). The summed E-state index contributed by atoms with van der Waals surface area (Å²) in [6.45, 7) is 9.30. The second-order valence-corrected chi connectivity index (χ2v) is 8.01. The van der Waals surface area contributed by atoms with E-state index in [-0.39, 0.29) is 11.7 Å². The van der Waals surface area contributed by atoms with Gasteiger partial charge in [0.15, 0.2) is 0 Å². The van der Waals surface area contributed by atoms with Crippen LogP contribution < -0.4 is 0 Å². The molecule has 2 fully saturated rings. The first-order valence-electron chi connectivity index (χ1n) is 7.96. The van der Waals surface area contributed by atoms with Crippen LogP contribution >= 0.6 is 15.9 Å². The Balaban J connectivity index is 1.86. The van der Waals surface area contributed by atoms with Gasteiger partial charge in [-0.25, -0.2) is 4.79 Å². The first-order valence-corrected chi connectivity index (χ1v) is 9.08. The Hall–Kier alpha value is -0.290. The highest BCUT2D eigenvalue weighted by Gasteiger charge is 2.41. The zero-order valence-corrected chi connectivity index (χ0v) is 15.2. The minimum absolute atomic E-state index is 0.124. The molecule has 122 valence electrons. The molecule has 2 aliphatic rings. The van der Waals surface area contributed by atoms with E-state index in [1.807, 2.05) is 20.8 Å². The van der Waals surface area contributed by atoms with Crippen molar-refractivity contribution >= 4 is 22.0 Å². The molecule has 1 aliphatic heterocycles. The molecular formula is C16H28BrNO3. The van der Waals surface area contributed by atoms with E-state index >= 15 is 0 Å². The molecule has 1 atom stereocenters. The number of carbonyl (C=O) groups excluding carboxylic acids is 1. The first-order chi connectivity index (χ1) is 9.75. The average molecular weight is 362 g/mol. The second-order valence-electron chi connectivity index (χ2n) is 7.44. The SMILES string of the molecule is CC(OC1(CBr)CCN(C(=O)OC(C)(C)C)CC1)C1CC1. The molecule has 0 bridgehead atoms. The van der Waals surface area contributed by atoms with E-state index in [4.69, 9.17) is 9.47 Å². The van der Waals surface area contributed by atoms with Gasteiger partial charge in [-0.3, -0.25) is 0 Å². The van der Waals surface area contributed by atoms with Crippen LogP contribution in [0.2, 0.25) is 0 Å². The van der Waals surface area contributed by atoms with Gasteiger partial charge < -0.3 is 14.4 Å². The molecule has 21 heavy (non-hydrogen) atoms. The molecule has 1 saturated carbocycles. The van der Waals surface area contributed by atoms with Crippen LogP contribution in [0.5, 0.6) is 0 Å². The lowest BCUT2D eigenvalue weighted by Gasteiger charge is -2.42. The Morgan fingerprint density at radius 3 is 2.33 bits per heavy atom. The van der Waals surface area contributed by atoms with Crippen LogP contribution in [-0.2, 0) is 9.47 Å². The predicted octanol–water partition coefficient (Wildman–Crippen LogP) is 3.97. The molecule has 0 radical (unpaired) electrons. The molecule has 0 aromatic rings. The number of piperidine rings is 1. The highest BCUT2D eigenvalue weighted by molar-refractivity contribution is 9.09. The molecule has 1 heterocycles. The molecule has 0 spiro atoms. The van der Waals surface area contributed by atoms with Crippen LogP contribution in [0.4, 0.5) is 4.79 Å². The van der Waals surface area contributed by atoms with Gasteiger partial charge >= 0.3 is 6.09 Å². The van der Waals surface area contributed by atoms with Gasteiger partial charge in [-0.1, -0.05) is 15.9 Å². The summed E-state index contributed by atoms with van der Waals surface area (Å²) in [4.78, 5) is 13.9. The predicted molar refractivity (Wildman–Crippen MR) is 86.8 cm³/mol. The number of amides is 1. The summed E-state index contributed by atoms with van der Waals surface area (Å²) in [6.07, 6.45) is 4.45. The number of halogens is 1. The summed E-state index contributed by atoms with van der Waals surface area (Å²) in [6, 6.07) is 0. The molecule has 0 N–H and O–H groups in total. The first kappa shape index (κ1) is 17.1. The Morgan fingerprint density at radius 2 is 1.90 bits per heavy atom. The van der Waals surface area contributed by atoms with E-state index < -0.39 is 5.60 Å². The molecule has 1 saturated heterocycles. The number of rotatable bonds is 4. The van der Waals surface area contributed by atoms with Crippen molar-refractivity contribution < 1.29 is 14.3 Å². The van der Waals surface area contributed by atoms with Crippen LogP contribution in [0.25, 0.3) is 0 Å². The van der Waals surface area contributed by atoms with Crippen molar-refractivity contribution in [1.82, 2.24) is 4.90 Å². The van der Waals surface area contributed by atoms with Crippen molar-refractivity contribution in [2.45, 2.75) is 70.7 Å². The summed E-state index contributed by atoms with van der Waals surface area (Å²) in [7, 11) is 0. The van der Waals surface area contributed by atoms with Crippen molar-refractivity contribution in [2.75, 3.05) is 18.4 Å². The van der Waals surface area contributed by atoms with Gasteiger partial charge in [0.05, 0.1) is 11.7 Å². The third kappa shape index (κ3) is 4.85. The number of hydrogen-bond donors (Lipinski definition) is 0. The monoisotopic (exact) mass is 361 g/mol. The Labute approximate surface area is 136 Å². The van der Waals surface area contributed by atoms with E-state index in [1.165, 1.54) is 12.8 Å². The van der Waals surface area contributed by atoms with E-state index in [9.17, 15) is 4.79 Å². The van der Waals surface area contributed by atoms with E-state index in [1.54, 1.807) is 4.90 Å². The van der Waals surface area contributed by atoms with Crippen molar-refractivity contribution in [2.24, 2.45) is 5.92 Å². The van der Waals surface area contributed by atoms with Crippen LogP contribution in [0.3, 0.4) is 0 Å². The van der Waals surface area contributed by atoms with Gasteiger partial charge in [0.1, 0.15) is 5.60 Å². The van der Waals surface area contributed by atoms with E-state index in [2.05, 4.69) is 22.9 Å². The molecule has 0 aromatic heterocycles. The summed E-state index contributed by atoms with van der Waals surface area (Å²) in [5, 5.41) is 0.833. The van der Waals surface area contributed by atoms with Gasteiger partial charge in [-0.15, -0.1) is 0 Å². The van der Waals surface area contributed by atoms with E-state index in [0.29, 0.717) is 19.2 Å². The summed E-state index contributed by atoms with van der Waals surface area (Å²) in [5.41, 5.74) is -0.557. The maximum Gasteiger partial charge on any atom is 0.410 e. The fourth-order valence-corrected chi connectivity index (χ4v) is 3.46. The number of hydrogen-bond acceptors (Lipinski definition) is 3. The highest BCUT2D eigenvalue weighted by Crippen LogP contribution is 2.39. The third-order valence-corrected chi connectivity index (χ3v) is 5.31. The van der Waals surface area contributed by atoms with Crippen LogP contribution in [0.15, 0.2) is 0 Å². The van der Waals surface area contributed by atoms with Crippen molar-refractivity contribution in [1.29, 1.82) is 0 Å². The zero-order valence-electron chi connectivity index (χ0n) is 13.7. The Bertz CT molecular complexity index is 368. The number of ether oxygens (including phenoxy) is 2. The molecule has 4 nitrogen and oxygen atoms in total. The molecule has 1 aliphatic carbocycles. The summed E-state index contributed by atoms with van der Waals surface area (Å²) in [5.74, 6) is 0.741. The topological polar surface area (TPSA) is 38.8 Å². The normalized spacial score (nSPS) is 23.8. The van der Waals surface area contributed by atoms with Crippen molar-refractivity contribution in [3.8, 4) is 0 Å². The molecule has 1 unspecified atom stereocenters.